The summed E-state index contributed by atoms with van der Waals surface area (Å²) in [7, 11) is 0. The Morgan fingerprint density at radius 1 is 1.00 bits per heavy atom. The molecule has 4 rings (SSSR count). The molecule has 0 aliphatic carbocycles. The number of carbonyl (C=O) groups excluding carboxylic acids is 1. The Bertz CT molecular complexity index is 1330. The third kappa shape index (κ3) is 9.07. The van der Waals surface area contributed by atoms with E-state index in [2.05, 4.69) is 33.5 Å². The average Bonchev–Trinajstić information content (AvgIpc) is 2.89. The molecule has 39 heavy (non-hydrogen) atoms. The van der Waals surface area contributed by atoms with Gasteiger partial charge in [-0.25, -0.2) is 4.79 Å². The SMILES string of the molecule is CC(C)(C)OC(=O)N1CC=C(c2ncc(CC#N)cc2Cl)CC1.N#CCc1cnc(C2=CCNCC2)c(Cl)c1. The molecule has 0 saturated heterocycles. The molecule has 1 amide bonds. The first kappa shape index (κ1) is 30.1. The second-order valence-corrected chi connectivity index (χ2v) is 10.9. The number of rotatable bonds is 4. The lowest BCUT2D eigenvalue weighted by Gasteiger charge is -2.29. The molecule has 0 bridgehead atoms. The number of halogens is 2. The zero-order valence-corrected chi connectivity index (χ0v) is 23.9. The van der Waals surface area contributed by atoms with Gasteiger partial charge in [-0.05, 0) is 74.6 Å². The van der Waals surface area contributed by atoms with E-state index in [-0.39, 0.29) is 6.09 Å². The molecule has 2 aliphatic heterocycles. The summed E-state index contributed by atoms with van der Waals surface area (Å²) < 4.78 is 5.37. The van der Waals surface area contributed by atoms with Gasteiger partial charge in [0.05, 0.1) is 46.4 Å². The zero-order chi connectivity index (χ0) is 28.4. The van der Waals surface area contributed by atoms with Crippen molar-refractivity contribution in [1.29, 1.82) is 10.5 Å². The molecule has 4 heterocycles. The third-order valence-electron chi connectivity index (χ3n) is 5.90. The molecule has 1 N–H and O–H groups in total. The highest BCUT2D eigenvalue weighted by Crippen LogP contribution is 2.28. The van der Waals surface area contributed by atoms with Crippen LogP contribution in [0.5, 0.6) is 0 Å². The van der Waals surface area contributed by atoms with Gasteiger partial charge in [-0.1, -0.05) is 35.4 Å². The minimum atomic E-state index is -0.498. The zero-order valence-electron chi connectivity index (χ0n) is 22.4. The Labute approximate surface area is 239 Å². The summed E-state index contributed by atoms with van der Waals surface area (Å²) in [5.74, 6) is 0. The number of nitrogens with zero attached hydrogens (tertiary/aromatic N) is 5. The predicted octanol–water partition coefficient (Wildman–Crippen LogP) is 6.00. The number of aromatic nitrogens is 2. The maximum absolute atomic E-state index is 12.0. The summed E-state index contributed by atoms with van der Waals surface area (Å²) in [5.41, 5.74) is 4.94. The van der Waals surface area contributed by atoms with E-state index in [1.165, 1.54) is 5.57 Å². The lowest BCUT2D eigenvalue weighted by atomic mass is 10.0. The topological polar surface area (TPSA) is 115 Å². The quantitative estimate of drug-likeness (QED) is 0.482. The van der Waals surface area contributed by atoms with Crippen LogP contribution in [-0.4, -0.2) is 52.7 Å². The molecule has 0 spiro atoms. The molecule has 0 radical (unpaired) electrons. The summed E-state index contributed by atoms with van der Waals surface area (Å²) in [4.78, 5) is 22.4. The molecule has 2 aliphatic rings. The van der Waals surface area contributed by atoms with Crippen LogP contribution in [0.2, 0.25) is 10.0 Å². The predicted molar refractivity (Wildman–Crippen MR) is 153 cm³/mol. The van der Waals surface area contributed by atoms with Gasteiger partial charge in [-0.2, -0.15) is 10.5 Å². The Morgan fingerprint density at radius 3 is 1.97 bits per heavy atom. The number of ether oxygens (including phenoxy) is 1. The fraction of sp³-hybridized carbons (Fsp3) is 0.414. The monoisotopic (exact) mass is 566 g/mol. The van der Waals surface area contributed by atoms with Gasteiger partial charge in [0, 0.05) is 32.0 Å². The minimum absolute atomic E-state index is 0.290. The lowest BCUT2D eigenvalue weighted by Crippen LogP contribution is -2.39. The molecule has 2 aromatic rings. The van der Waals surface area contributed by atoms with Crippen LogP contribution in [-0.2, 0) is 17.6 Å². The van der Waals surface area contributed by atoms with Crippen LogP contribution >= 0.6 is 23.2 Å². The van der Waals surface area contributed by atoms with Crippen LogP contribution in [0.4, 0.5) is 4.79 Å². The van der Waals surface area contributed by atoms with Gasteiger partial charge < -0.3 is 15.0 Å². The van der Waals surface area contributed by atoms with Crippen LogP contribution < -0.4 is 5.32 Å². The third-order valence-corrected chi connectivity index (χ3v) is 6.47. The lowest BCUT2D eigenvalue weighted by molar-refractivity contribution is 0.0270. The fourth-order valence-electron chi connectivity index (χ4n) is 4.02. The molecule has 8 nitrogen and oxygen atoms in total. The van der Waals surface area contributed by atoms with Gasteiger partial charge >= 0.3 is 6.09 Å². The summed E-state index contributed by atoms with van der Waals surface area (Å²) in [5, 5.41) is 21.7. The molecule has 0 atom stereocenters. The van der Waals surface area contributed by atoms with E-state index in [4.69, 9.17) is 38.5 Å². The molecule has 204 valence electrons. The first-order valence-electron chi connectivity index (χ1n) is 12.7. The van der Waals surface area contributed by atoms with Crippen LogP contribution in [0.15, 0.2) is 36.7 Å². The van der Waals surface area contributed by atoms with Crippen molar-refractivity contribution in [3.63, 3.8) is 0 Å². The maximum Gasteiger partial charge on any atom is 0.410 e. The molecule has 0 saturated carbocycles. The van der Waals surface area contributed by atoms with E-state index in [9.17, 15) is 4.79 Å². The summed E-state index contributed by atoms with van der Waals surface area (Å²) in [6, 6.07) is 7.76. The van der Waals surface area contributed by atoms with Gasteiger partial charge in [0.15, 0.2) is 0 Å². The molecule has 0 unspecified atom stereocenters. The van der Waals surface area contributed by atoms with Crippen molar-refractivity contribution >= 4 is 40.4 Å². The number of carbonyl (C=O) groups is 1. The van der Waals surface area contributed by atoms with Crippen LogP contribution in [0.1, 0.15) is 56.1 Å². The Morgan fingerprint density at radius 2 is 1.56 bits per heavy atom. The van der Waals surface area contributed by atoms with Gasteiger partial charge in [0.25, 0.3) is 0 Å². The molecular weight excluding hydrogens is 535 g/mol. The van der Waals surface area contributed by atoms with Crippen LogP contribution in [0, 0.1) is 22.7 Å². The van der Waals surface area contributed by atoms with E-state index in [0.29, 0.717) is 42.4 Å². The molecule has 10 heteroatoms. The number of hydrogen-bond acceptors (Lipinski definition) is 7. The van der Waals surface area contributed by atoms with E-state index < -0.39 is 5.60 Å². The smallest absolute Gasteiger partial charge is 0.410 e. The van der Waals surface area contributed by atoms with E-state index in [1.807, 2.05) is 32.9 Å². The number of hydrogen-bond donors (Lipinski definition) is 1. The van der Waals surface area contributed by atoms with Gasteiger partial charge in [-0.15, -0.1) is 0 Å². The standard InChI is InChI=1S/C17H20ClN3O2.C12H12ClN3/c1-17(2,3)23-16(22)21-8-5-13(6-9-21)15-14(18)10-12(4-7-19)11-20-15;13-11-7-9(1-4-14)8-16-12(11)10-2-5-15-6-3-10/h5,10-11H,4,6,8-9H2,1-3H3;2,7-8,15H,1,3,5-6H2. The summed E-state index contributed by atoms with van der Waals surface area (Å²) in [6.45, 7) is 8.42. The van der Waals surface area contributed by atoms with E-state index >= 15 is 0 Å². The Hall–Kier alpha value is -3.43. The van der Waals surface area contributed by atoms with Crippen molar-refractivity contribution < 1.29 is 9.53 Å². The number of nitriles is 2. The second-order valence-electron chi connectivity index (χ2n) is 10.1. The minimum Gasteiger partial charge on any atom is -0.444 e. The molecule has 0 aromatic carbocycles. The van der Waals surface area contributed by atoms with Gasteiger partial charge in [0.1, 0.15) is 5.60 Å². The fourth-order valence-corrected chi connectivity index (χ4v) is 4.64. The van der Waals surface area contributed by atoms with Crippen LogP contribution in [0.3, 0.4) is 0 Å². The highest BCUT2D eigenvalue weighted by atomic mass is 35.5. The second kappa shape index (κ2) is 14.1. The number of pyridine rings is 2. The number of nitrogens with one attached hydrogen (secondary N) is 1. The highest BCUT2D eigenvalue weighted by Gasteiger charge is 2.24. The summed E-state index contributed by atoms with van der Waals surface area (Å²) >= 11 is 12.4. The van der Waals surface area contributed by atoms with Crippen molar-refractivity contribution in [2.75, 3.05) is 26.2 Å². The van der Waals surface area contributed by atoms with Crippen molar-refractivity contribution in [1.82, 2.24) is 20.2 Å². The van der Waals surface area contributed by atoms with Crippen molar-refractivity contribution in [3.05, 3.63) is 69.2 Å². The first-order chi connectivity index (χ1) is 18.6. The van der Waals surface area contributed by atoms with Crippen molar-refractivity contribution in [2.45, 2.75) is 52.1 Å². The largest absolute Gasteiger partial charge is 0.444 e. The Balaban J connectivity index is 0.000000230. The maximum atomic E-state index is 12.0. The normalized spacial score (nSPS) is 15.1. The van der Waals surface area contributed by atoms with Gasteiger partial charge in [-0.3, -0.25) is 9.97 Å². The average molecular weight is 568 g/mol. The van der Waals surface area contributed by atoms with Crippen molar-refractivity contribution in [2.24, 2.45) is 0 Å². The summed E-state index contributed by atoms with van der Waals surface area (Å²) in [6.07, 6.45) is 9.42. The Kier molecular flexibility index (Phi) is 10.9. The van der Waals surface area contributed by atoms with Crippen molar-refractivity contribution in [3.8, 4) is 12.1 Å². The van der Waals surface area contributed by atoms with Gasteiger partial charge in [0.2, 0.25) is 0 Å². The molecule has 0 fully saturated rings. The number of amides is 1. The molecule has 2 aromatic heterocycles. The van der Waals surface area contributed by atoms with E-state index in [1.54, 1.807) is 23.4 Å². The molecular formula is C29H32Cl2N6O2. The van der Waals surface area contributed by atoms with Crippen LogP contribution in [0.25, 0.3) is 11.1 Å². The highest BCUT2D eigenvalue weighted by molar-refractivity contribution is 6.32. The van der Waals surface area contributed by atoms with E-state index in [0.717, 1.165) is 47.6 Å². The first-order valence-corrected chi connectivity index (χ1v) is 13.5.